The molecule has 0 aromatic heterocycles. The average Bonchev–Trinajstić information content (AvgIpc) is 3.24. The van der Waals surface area contributed by atoms with E-state index in [1.165, 1.54) is 11.1 Å². The van der Waals surface area contributed by atoms with Gasteiger partial charge in [-0.2, -0.15) is 0 Å². The topological polar surface area (TPSA) is 34.1 Å². The number of hydrogen-bond donors (Lipinski definition) is 0. The number of likely N-dealkylation sites (N-methyl/N-ethyl adjacent to an activating group) is 1. The monoisotopic (exact) mass is 406 g/mol. The Morgan fingerprint density at radius 1 is 1.19 bits per heavy atom. The molecule has 2 aromatic rings. The highest BCUT2D eigenvalue weighted by Gasteiger charge is 2.48. The second kappa shape index (κ2) is 6.17. The summed E-state index contributed by atoms with van der Waals surface area (Å²) in [7, 11) is 2.10. The van der Waals surface area contributed by atoms with Gasteiger partial charge in [0.25, 0.3) is 0 Å². The molecule has 1 fully saturated rings. The second-order valence-electron chi connectivity index (χ2n) is 7.46. The summed E-state index contributed by atoms with van der Waals surface area (Å²) in [5, 5.41) is 4.21. The zero-order valence-corrected chi connectivity index (χ0v) is 16.1. The van der Waals surface area contributed by atoms with E-state index in [0.717, 1.165) is 24.4 Å². The molecule has 7 heteroatoms. The third-order valence-electron chi connectivity index (χ3n) is 5.53. The minimum atomic E-state index is -0.615. The van der Waals surface area contributed by atoms with E-state index in [2.05, 4.69) is 35.3 Å². The van der Waals surface area contributed by atoms with Crippen LogP contribution in [0.25, 0.3) is 0 Å². The first-order valence-electron chi connectivity index (χ1n) is 8.79. The standard InChI is InChI=1S/C20H17Cl2FN2O2/c1-25-9-20(10-25)14-3-2-11(4-13(14)8-26-20)17-7-18(27-24-17)12-5-15(21)19(23)16(22)6-12/h2-6,18H,7-10H2,1H3. The van der Waals surface area contributed by atoms with Crippen molar-refractivity contribution in [3.8, 4) is 0 Å². The number of fused-ring (bicyclic) bond motifs is 2. The summed E-state index contributed by atoms with van der Waals surface area (Å²) >= 11 is 11.8. The lowest BCUT2D eigenvalue weighted by atomic mass is 9.84. The highest BCUT2D eigenvalue weighted by atomic mass is 35.5. The molecule has 0 saturated carbocycles. The van der Waals surface area contributed by atoms with Gasteiger partial charge in [-0.05, 0) is 47.5 Å². The van der Waals surface area contributed by atoms with Gasteiger partial charge in [-0.25, -0.2) is 4.39 Å². The number of nitrogens with zero attached hydrogens (tertiary/aromatic N) is 2. The Morgan fingerprint density at radius 2 is 1.93 bits per heavy atom. The van der Waals surface area contributed by atoms with E-state index in [4.69, 9.17) is 32.8 Å². The largest absolute Gasteiger partial charge is 0.387 e. The fraction of sp³-hybridized carbons (Fsp3) is 0.350. The van der Waals surface area contributed by atoms with Gasteiger partial charge in [0, 0.05) is 19.5 Å². The Kier molecular flexibility index (Phi) is 3.99. The van der Waals surface area contributed by atoms with E-state index < -0.39 is 5.82 Å². The van der Waals surface area contributed by atoms with E-state index >= 15 is 0 Å². The van der Waals surface area contributed by atoms with Gasteiger partial charge in [-0.15, -0.1) is 0 Å². The van der Waals surface area contributed by atoms with Crippen LogP contribution in [0, 0.1) is 5.82 Å². The molecule has 140 valence electrons. The van der Waals surface area contributed by atoms with Crippen LogP contribution in [-0.2, 0) is 21.8 Å². The molecule has 1 atom stereocenters. The van der Waals surface area contributed by atoms with Crippen molar-refractivity contribution in [3.05, 3.63) is 68.4 Å². The third-order valence-corrected chi connectivity index (χ3v) is 6.08. The normalized spacial score (nSPS) is 23.1. The predicted octanol–water partition coefficient (Wildman–Crippen LogP) is 4.67. The number of halogens is 3. The zero-order chi connectivity index (χ0) is 18.8. The first kappa shape index (κ1) is 17.4. The van der Waals surface area contributed by atoms with Crippen LogP contribution in [0.5, 0.6) is 0 Å². The van der Waals surface area contributed by atoms with Crippen LogP contribution in [0.3, 0.4) is 0 Å². The van der Waals surface area contributed by atoms with E-state index in [-0.39, 0.29) is 21.8 Å². The van der Waals surface area contributed by atoms with E-state index in [9.17, 15) is 4.39 Å². The molecular formula is C20H17Cl2FN2O2. The summed E-state index contributed by atoms with van der Waals surface area (Å²) in [6, 6.07) is 9.44. The summed E-state index contributed by atoms with van der Waals surface area (Å²) < 4.78 is 19.7. The number of hydrogen-bond acceptors (Lipinski definition) is 4. The van der Waals surface area contributed by atoms with Crippen LogP contribution in [-0.4, -0.2) is 30.7 Å². The molecule has 3 heterocycles. The fourth-order valence-electron chi connectivity index (χ4n) is 4.21. The van der Waals surface area contributed by atoms with Crippen LogP contribution in [0.15, 0.2) is 35.5 Å². The summed E-state index contributed by atoms with van der Waals surface area (Å²) in [5.74, 6) is -0.615. The maximum Gasteiger partial charge on any atom is 0.160 e. The highest BCUT2D eigenvalue weighted by molar-refractivity contribution is 6.35. The third kappa shape index (κ3) is 2.76. The lowest BCUT2D eigenvalue weighted by molar-refractivity contribution is -0.132. The molecule has 1 spiro atoms. The van der Waals surface area contributed by atoms with E-state index in [1.807, 2.05) is 0 Å². The van der Waals surface area contributed by atoms with Gasteiger partial charge in [0.2, 0.25) is 0 Å². The Hall–Kier alpha value is -1.66. The zero-order valence-electron chi connectivity index (χ0n) is 14.6. The van der Waals surface area contributed by atoms with Crippen molar-refractivity contribution in [3.63, 3.8) is 0 Å². The minimum absolute atomic E-state index is 0.0139. The Morgan fingerprint density at radius 3 is 2.63 bits per heavy atom. The van der Waals surface area contributed by atoms with E-state index in [0.29, 0.717) is 18.6 Å². The number of likely N-dealkylation sites (tertiary alicyclic amines) is 1. The molecule has 27 heavy (non-hydrogen) atoms. The number of benzene rings is 2. The molecule has 0 aliphatic carbocycles. The van der Waals surface area contributed by atoms with Crippen LogP contribution in [0.1, 0.15) is 34.8 Å². The molecule has 1 saturated heterocycles. The lowest BCUT2D eigenvalue weighted by Crippen LogP contribution is -2.57. The van der Waals surface area contributed by atoms with Gasteiger partial charge in [-0.3, -0.25) is 4.90 Å². The molecule has 1 unspecified atom stereocenters. The maximum atomic E-state index is 13.6. The summed E-state index contributed by atoms with van der Waals surface area (Å²) in [6.07, 6.45) is 0.248. The molecule has 3 aliphatic rings. The van der Waals surface area contributed by atoms with Crippen molar-refractivity contribution in [1.82, 2.24) is 4.90 Å². The Balaban J connectivity index is 1.37. The number of ether oxygens (including phenoxy) is 1. The van der Waals surface area contributed by atoms with Crippen LogP contribution in [0.2, 0.25) is 10.0 Å². The van der Waals surface area contributed by atoms with Crippen molar-refractivity contribution in [2.45, 2.75) is 24.7 Å². The molecule has 4 nitrogen and oxygen atoms in total. The van der Waals surface area contributed by atoms with Crippen molar-refractivity contribution in [2.24, 2.45) is 5.16 Å². The Bertz CT molecular complexity index is 949. The molecular weight excluding hydrogens is 390 g/mol. The first-order valence-corrected chi connectivity index (χ1v) is 9.54. The molecule has 3 aliphatic heterocycles. The van der Waals surface area contributed by atoms with Crippen LogP contribution < -0.4 is 0 Å². The van der Waals surface area contributed by atoms with E-state index in [1.54, 1.807) is 12.1 Å². The SMILES string of the molecule is CN1CC2(C1)OCc1cc(C3=NOC(c4cc(Cl)c(F)c(Cl)c4)C3)ccc12. The van der Waals surface area contributed by atoms with Crippen LogP contribution >= 0.6 is 23.2 Å². The second-order valence-corrected chi connectivity index (χ2v) is 8.28. The summed E-state index contributed by atoms with van der Waals surface area (Å²) in [4.78, 5) is 7.82. The predicted molar refractivity (Wildman–Crippen MR) is 102 cm³/mol. The minimum Gasteiger partial charge on any atom is -0.387 e. The molecule has 2 aromatic carbocycles. The fourth-order valence-corrected chi connectivity index (χ4v) is 4.71. The van der Waals surface area contributed by atoms with Gasteiger partial charge in [0.05, 0.1) is 22.4 Å². The van der Waals surface area contributed by atoms with Crippen molar-refractivity contribution in [2.75, 3.05) is 20.1 Å². The molecule has 0 bridgehead atoms. The maximum absolute atomic E-state index is 13.6. The molecule has 5 rings (SSSR count). The smallest absolute Gasteiger partial charge is 0.160 e. The summed E-state index contributed by atoms with van der Waals surface area (Å²) in [5.41, 5.74) is 4.93. The number of oxime groups is 1. The Labute approximate surface area is 166 Å². The highest BCUT2D eigenvalue weighted by Crippen LogP contribution is 2.43. The van der Waals surface area contributed by atoms with Gasteiger partial charge >= 0.3 is 0 Å². The van der Waals surface area contributed by atoms with Gasteiger partial charge in [-0.1, -0.05) is 40.5 Å². The quantitative estimate of drug-likeness (QED) is 0.679. The molecule has 0 radical (unpaired) electrons. The molecule has 0 N–H and O–H groups in total. The van der Waals surface area contributed by atoms with Crippen molar-refractivity contribution >= 4 is 28.9 Å². The number of rotatable bonds is 2. The van der Waals surface area contributed by atoms with Crippen LogP contribution in [0.4, 0.5) is 4.39 Å². The first-order chi connectivity index (χ1) is 12.9. The van der Waals surface area contributed by atoms with Gasteiger partial charge < -0.3 is 9.57 Å². The van der Waals surface area contributed by atoms with Gasteiger partial charge in [0.15, 0.2) is 11.9 Å². The summed E-state index contributed by atoms with van der Waals surface area (Å²) in [6.45, 7) is 2.48. The average molecular weight is 407 g/mol. The van der Waals surface area contributed by atoms with Crippen molar-refractivity contribution in [1.29, 1.82) is 0 Å². The molecule has 0 amide bonds. The van der Waals surface area contributed by atoms with Crippen molar-refractivity contribution < 1.29 is 14.0 Å². The van der Waals surface area contributed by atoms with Gasteiger partial charge in [0.1, 0.15) is 5.60 Å². The lowest BCUT2D eigenvalue weighted by Gasteiger charge is -2.45.